The molecule has 0 bridgehead atoms. The molecule has 0 atom stereocenters. The average molecular weight is 417 g/mol. The van der Waals surface area contributed by atoms with Gasteiger partial charge in [-0.05, 0) is 41.8 Å². The highest BCUT2D eigenvalue weighted by Crippen LogP contribution is 2.30. The molecule has 1 aromatic heterocycles. The van der Waals surface area contributed by atoms with E-state index in [1.165, 1.54) is 31.6 Å². The van der Waals surface area contributed by atoms with Crippen LogP contribution in [0.2, 0.25) is 5.02 Å². The van der Waals surface area contributed by atoms with Crippen LogP contribution in [0.1, 0.15) is 20.0 Å². The third kappa shape index (κ3) is 4.44. The van der Waals surface area contributed by atoms with E-state index in [2.05, 4.69) is 10.6 Å². The molecule has 3 rings (SSSR count). The van der Waals surface area contributed by atoms with Crippen LogP contribution in [0.25, 0.3) is 0 Å². The molecule has 2 amide bonds. The van der Waals surface area contributed by atoms with E-state index in [9.17, 15) is 9.59 Å². The van der Waals surface area contributed by atoms with Crippen molar-refractivity contribution >= 4 is 46.1 Å². The molecule has 28 heavy (non-hydrogen) atoms. The lowest BCUT2D eigenvalue weighted by Crippen LogP contribution is -2.14. The van der Waals surface area contributed by atoms with Gasteiger partial charge in [-0.2, -0.15) is 0 Å². The van der Waals surface area contributed by atoms with E-state index >= 15 is 0 Å². The number of carbonyl (C=O) groups is 2. The third-order valence-corrected chi connectivity index (χ3v) is 5.06. The van der Waals surface area contributed by atoms with Crippen LogP contribution in [0.15, 0.2) is 53.9 Å². The SMILES string of the molecule is COc1ccc(NC(=O)c2ccc(Cl)c(NC(=O)c3cccs3)c2)cc1OC. The average Bonchev–Trinajstić information content (AvgIpc) is 3.24. The minimum atomic E-state index is -0.351. The van der Waals surface area contributed by atoms with Crippen molar-refractivity contribution in [2.75, 3.05) is 24.9 Å². The van der Waals surface area contributed by atoms with Crippen LogP contribution in [-0.2, 0) is 0 Å². The van der Waals surface area contributed by atoms with Gasteiger partial charge in [-0.1, -0.05) is 17.7 Å². The molecule has 6 nitrogen and oxygen atoms in total. The topological polar surface area (TPSA) is 76.7 Å². The van der Waals surface area contributed by atoms with Crippen LogP contribution < -0.4 is 20.1 Å². The Morgan fingerprint density at radius 1 is 0.929 bits per heavy atom. The molecular weight excluding hydrogens is 400 g/mol. The number of benzene rings is 2. The van der Waals surface area contributed by atoms with Gasteiger partial charge < -0.3 is 20.1 Å². The van der Waals surface area contributed by atoms with Crippen molar-refractivity contribution in [2.45, 2.75) is 0 Å². The van der Waals surface area contributed by atoms with Crippen LogP contribution in [-0.4, -0.2) is 26.0 Å². The fourth-order valence-corrected chi connectivity index (χ4v) is 3.25. The smallest absolute Gasteiger partial charge is 0.265 e. The number of amides is 2. The van der Waals surface area contributed by atoms with Crippen molar-refractivity contribution in [1.82, 2.24) is 0 Å². The molecule has 0 spiro atoms. The van der Waals surface area contributed by atoms with Crippen LogP contribution in [0, 0.1) is 0 Å². The zero-order valence-electron chi connectivity index (χ0n) is 15.1. The molecule has 0 unspecified atom stereocenters. The number of hydrogen-bond acceptors (Lipinski definition) is 5. The van der Waals surface area contributed by atoms with E-state index in [1.807, 2.05) is 5.38 Å². The highest BCUT2D eigenvalue weighted by Gasteiger charge is 2.14. The number of rotatable bonds is 6. The first kappa shape index (κ1) is 19.7. The van der Waals surface area contributed by atoms with Gasteiger partial charge in [0.25, 0.3) is 11.8 Å². The predicted molar refractivity (Wildman–Crippen MR) is 111 cm³/mol. The zero-order valence-corrected chi connectivity index (χ0v) is 16.7. The second-order valence-corrected chi connectivity index (χ2v) is 7.00. The highest BCUT2D eigenvalue weighted by molar-refractivity contribution is 7.12. The van der Waals surface area contributed by atoms with Crippen molar-refractivity contribution in [3.8, 4) is 11.5 Å². The van der Waals surface area contributed by atoms with E-state index in [4.69, 9.17) is 21.1 Å². The second kappa shape index (κ2) is 8.77. The Labute approximate surface area is 171 Å². The molecule has 0 aliphatic heterocycles. The number of nitrogens with one attached hydrogen (secondary N) is 2. The number of methoxy groups -OCH3 is 2. The summed E-state index contributed by atoms with van der Waals surface area (Å²) in [7, 11) is 3.06. The van der Waals surface area contributed by atoms with Crippen molar-refractivity contribution < 1.29 is 19.1 Å². The summed E-state index contributed by atoms with van der Waals surface area (Å²) in [6, 6.07) is 13.2. The van der Waals surface area contributed by atoms with Crippen LogP contribution in [0.5, 0.6) is 11.5 Å². The molecule has 2 aromatic carbocycles. The van der Waals surface area contributed by atoms with E-state index in [0.717, 1.165) is 0 Å². The Kier molecular flexibility index (Phi) is 6.18. The quantitative estimate of drug-likeness (QED) is 0.597. The second-order valence-electron chi connectivity index (χ2n) is 5.65. The molecule has 0 saturated heterocycles. The van der Waals surface area contributed by atoms with Gasteiger partial charge >= 0.3 is 0 Å². The minimum absolute atomic E-state index is 0.283. The maximum absolute atomic E-state index is 12.6. The van der Waals surface area contributed by atoms with Gasteiger partial charge in [-0.25, -0.2) is 0 Å². The summed E-state index contributed by atoms with van der Waals surface area (Å²) in [6.45, 7) is 0. The standard InChI is InChI=1S/C20H17ClN2O4S/c1-26-16-8-6-13(11-17(16)27-2)22-19(24)12-5-7-14(21)15(10-12)23-20(25)18-4-3-9-28-18/h3-11H,1-2H3,(H,22,24)(H,23,25). The van der Waals surface area contributed by atoms with Crippen molar-refractivity contribution in [2.24, 2.45) is 0 Å². The number of thiophene rings is 1. The first-order valence-corrected chi connectivity index (χ1v) is 9.45. The fraction of sp³-hybridized carbons (Fsp3) is 0.100. The van der Waals surface area contributed by atoms with Gasteiger partial charge in [0.15, 0.2) is 11.5 Å². The summed E-state index contributed by atoms with van der Waals surface area (Å²) in [5, 5.41) is 7.66. The van der Waals surface area contributed by atoms with Crippen LogP contribution >= 0.6 is 22.9 Å². The van der Waals surface area contributed by atoms with Crippen molar-refractivity contribution in [3.63, 3.8) is 0 Å². The first-order valence-electron chi connectivity index (χ1n) is 8.19. The zero-order chi connectivity index (χ0) is 20.1. The fourth-order valence-electron chi connectivity index (χ4n) is 2.47. The molecule has 0 aliphatic rings. The molecule has 0 fully saturated rings. The Hall–Kier alpha value is -3.03. The van der Waals surface area contributed by atoms with E-state index < -0.39 is 0 Å². The summed E-state index contributed by atoms with van der Waals surface area (Å²) in [4.78, 5) is 25.4. The highest BCUT2D eigenvalue weighted by atomic mass is 35.5. The number of hydrogen-bond donors (Lipinski definition) is 2. The van der Waals surface area contributed by atoms with Gasteiger partial charge in [0, 0.05) is 17.3 Å². The number of carbonyl (C=O) groups excluding carboxylic acids is 2. The first-order chi connectivity index (χ1) is 13.5. The molecule has 8 heteroatoms. The summed E-state index contributed by atoms with van der Waals surface area (Å²) in [5.74, 6) is 0.427. The molecular formula is C20H17ClN2O4S. The molecule has 2 N–H and O–H groups in total. The van der Waals surface area contributed by atoms with Gasteiger partial charge in [0.2, 0.25) is 0 Å². The van der Waals surface area contributed by atoms with Crippen molar-refractivity contribution in [3.05, 3.63) is 69.4 Å². The van der Waals surface area contributed by atoms with Crippen molar-refractivity contribution in [1.29, 1.82) is 0 Å². The largest absolute Gasteiger partial charge is 0.493 e. The van der Waals surface area contributed by atoms with Gasteiger partial charge in [-0.15, -0.1) is 11.3 Å². The number of halogens is 1. The maximum atomic E-state index is 12.6. The molecule has 0 radical (unpaired) electrons. The Morgan fingerprint density at radius 3 is 2.39 bits per heavy atom. The Balaban J connectivity index is 1.78. The Morgan fingerprint density at radius 2 is 1.71 bits per heavy atom. The van der Waals surface area contributed by atoms with Crippen LogP contribution in [0.3, 0.4) is 0 Å². The monoisotopic (exact) mass is 416 g/mol. The molecule has 0 aliphatic carbocycles. The summed E-state index contributed by atoms with van der Waals surface area (Å²) >= 11 is 7.48. The lowest BCUT2D eigenvalue weighted by molar-refractivity contribution is 0.101. The third-order valence-electron chi connectivity index (χ3n) is 3.86. The van der Waals surface area contributed by atoms with Gasteiger partial charge in [0.1, 0.15) is 0 Å². The lowest BCUT2D eigenvalue weighted by Gasteiger charge is -2.12. The molecule has 1 heterocycles. The molecule has 144 valence electrons. The molecule has 0 saturated carbocycles. The molecule has 3 aromatic rings. The summed E-state index contributed by atoms with van der Waals surface area (Å²) in [6.07, 6.45) is 0. The lowest BCUT2D eigenvalue weighted by atomic mass is 10.1. The Bertz CT molecular complexity index is 1010. The number of anilines is 2. The summed E-state index contributed by atoms with van der Waals surface area (Å²) < 4.78 is 10.4. The summed E-state index contributed by atoms with van der Waals surface area (Å²) in [5.41, 5.74) is 1.25. The number of ether oxygens (including phenoxy) is 2. The van der Waals surface area contributed by atoms with E-state index in [0.29, 0.717) is 38.3 Å². The predicted octanol–water partition coefficient (Wildman–Crippen LogP) is 4.92. The normalized spacial score (nSPS) is 10.2. The minimum Gasteiger partial charge on any atom is -0.493 e. The van der Waals surface area contributed by atoms with E-state index in [-0.39, 0.29) is 11.8 Å². The maximum Gasteiger partial charge on any atom is 0.265 e. The van der Waals surface area contributed by atoms with Crippen LogP contribution in [0.4, 0.5) is 11.4 Å². The van der Waals surface area contributed by atoms with Gasteiger partial charge in [0.05, 0.1) is 29.8 Å². The van der Waals surface area contributed by atoms with Gasteiger partial charge in [-0.3, -0.25) is 9.59 Å². The van der Waals surface area contributed by atoms with E-state index in [1.54, 1.807) is 42.5 Å².